The Labute approximate surface area is 199 Å². The van der Waals surface area contributed by atoms with Crippen molar-refractivity contribution in [3.05, 3.63) is 98.8 Å². The van der Waals surface area contributed by atoms with Crippen LogP contribution >= 0.6 is 35.4 Å². The number of halogens is 2. The van der Waals surface area contributed by atoms with Crippen LogP contribution in [-0.4, -0.2) is 11.0 Å². The number of para-hydroxylation sites is 1. The van der Waals surface area contributed by atoms with E-state index in [0.29, 0.717) is 32.4 Å². The molecule has 0 atom stereocenters. The van der Waals surface area contributed by atoms with Gasteiger partial charge in [0.15, 0.2) is 5.11 Å². The van der Waals surface area contributed by atoms with Crippen molar-refractivity contribution in [1.29, 1.82) is 0 Å². The second kappa shape index (κ2) is 9.53. The summed E-state index contributed by atoms with van der Waals surface area (Å²) in [5.74, 6) is -0.263. The molecule has 0 unspecified atom stereocenters. The van der Waals surface area contributed by atoms with Gasteiger partial charge in [-0.2, -0.15) is 0 Å². The Balaban J connectivity index is 1.46. The Hall–Kier alpha value is -3.19. The molecular formula is C24H16Cl2N2O3S. The number of rotatable bonds is 4. The van der Waals surface area contributed by atoms with Gasteiger partial charge in [-0.3, -0.25) is 4.79 Å². The first-order valence-electron chi connectivity index (χ1n) is 9.57. The number of amides is 1. The summed E-state index contributed by atoms with van der Waals surface area (Å²) in [5.41, 5.74) is 2.32. The molecule has 0 fully saturated rings. The van der Waals surface area contributed by atoms with E-state index >= 15 is 0 Å². The quantitative estimate of drug-likeness (QED) is 0.283. The van der Waals surface area contributed by atoms with E-state index in [-0.39, 0.29) is 17.4 Å². The number of hydrogen-bond donors (Lipinski definition) is 2. The summed E-state index contributed by atoms with van der Waals surface area (Å²) >= 11 is 17.5. The first-order chi connectivity index (χ1) is 15.4. The van der Waals surface area contributed by atoms with Gasteiger partial charge >= 0.3 is 5.63 Å². The summed E-state index contributed by atoms with van der Waals surface area (Å²) in [6, 6.07) is 21.0. The lowest BCUT2D eigenvalue weighted by molar-refractivity contribution is -0.119. The molecule has 5 nitrogen and oxygen atoms in total. The number of fused-ring (bicyclic) bond motifs is 1. The number of carbonyl (C=O) groups is 1. The molecule has 0 aliphatic heterocycles. The zero-order valence-electron chi connectivity index (χ0n) is 16.5. The van der Waals surface area contributed by atoms with Gasteiger partial charge in [-0.1, -0.05) is 59.6 Å². The number of nitrogens with one attached hydrogen (secondary N) is 2. The third-order valence-corrected chi connectivity index (χ3v) is 5.46. The van der Waals surface area contributed by atoms with Gasteiger partial charge in [-0.25, -0.2) is 4.79 Å². The highest BCUT2D eigenvalue weighted by Crippen LogP contribution is 2.30. The average Bonchev–Trinajstić information content (AvgIpc) is 2.75. The van der Waals surface area contributed by atoms with Crippen molar-refractivity contribution in [1.82, 2.24) is 5.32 Å². The molecule has 0 spiro atoms. The minimum Gasteiger partial charge on any atom is -0.422 e. The second-order valence-electron chi connectivity index (χ2n) is 6.99. The van der Waals surface area contributed by atoms with Gasteiger partial charge in [0.05, 0.1) is 17.0 Å². The maximum atomic E-state index is 12.4. The fourth-order valence-corrected chi connectivity index (χ4v) is 3.82. The second-order valence-corrected chi connectivity index (χ2v) is 8.24. The van der Waals surface area contributed by atoms with Crippen molar-refractivity contribution in [3.63, 3.8) is 0 Å². The predicted molar refractivity (Wildman–Crippen MR) is 132 cm³/mol. The summed E-state index contributed by atoms with van der Waals surface area (Å²) in [7, 11) is 0. The molecule has 3 aromatic carbocycles. The molecule has 2 N–H and O–H groups in total. The van der Waals surface area contributed by atoms with E-state index in [9.17, 15) is 9.59 Å². The summed E-state index contributed by atoms with van der Waals surface area (Å²) in [6.07, 6.45) is 0.163. The van der Waals surface area contributed by atoms with Crippen LogP contribution < -0.4 is 16.3 Å². The molecule has 4 aromatic rings. The Kier molecular flexibility index (Phi) is 6.55. The van der Waals surface area contributed by atoms with Crippen LogP contribution in [0.15, 0.2) is 82.0 Å². The number of anilines is 1. The molecule has 160 valence electrons. The van der Waals surface area contributed by atoms with Gasteiger partial charge in [0.25, 0.3) is 0 Å². The number of carbonyl (C=O) groups excluding carboxylic acids is 1. The van der Waals surface area contributed by atoms with Crippen molar-refractivity contribution >= 4 is 63.1 Å². The molecular weight excluding hydrogens is 467 g/mol. The minimum absolute atomic E-state index is 0.137. The molecule has 0 aliphatic carbocycles. The van der Waals surface area contributed by atoms with Crippen LogP contribution in [0.2, 0.25) is 10.0 Å². The van der Waals surface area contributed by atoms with Crippen molar-refractivity contribution in [3.8, 4) is 11.1 Å². The van der Waals surface area contributed by atoms with Crippen molar-refractivity contribution < 1.29 is 9.21 Å². The standard InChI is InChI=1S/C24H16Cl2N2O3S/c25-16-7-5-14(6-8-16)11-22(29)28-24(32)27-17-9-10-18(20(26)13-17)19-12-15-3-1-2-4-21(15)31-23(19)30/h1-10,12-13H,11H2,(H2,27,28,29,32). The number of benzene rings is 3. The number of thiocarbonyl (C=S) groups is 1. The van der Waals surface area contributed by atoms with Crippen LogP contribution in [-0.2, 0) is 11.2 Å². The van der Waals surface area contributed by atoms with E-state index in [0.717, 1.165) is 10.9 Å². The fourth-order valence-electron chi connectivity index (χ4n) is 3.18. The van der Waals surface area contributed by atoms with Gasteiger partial charge in [-0.05, 0) is 54.2 Å². The molecule has 0 bridgehead atoms. The molecule has 8 heteroatoms. The normalized spacial score (nSPS) is 10.7. The molecule has 0 saturated heterocycles. The van der Waals surface area contributed by atoms with Crippen LogP contribution in [0.3, 0.4) is 0 Å². The van der Waals surface area contributed by atoms with E-state index in [1.165, 1.54) is 0 Å². The van der Waals surface area contributed by atoms with Crippen molar-refractivity contribution in [2.24, 2.45) is 0 Å². The topological polar surface area (TPSA) is 71.3 Å². The third-order valence-electron chi connectivity index (χ3n) is 4.69. The molecule has 0 aliphatic rings. The largest absolute Gasteiger partial charge is 0.422 e. The van der Waals surface area contributed by atoms with Crippen LogP contribution in [0.5, 0.6) is 0 Å². The minimum atomic E-state index is -0.476. The lowest BCUT2D eigenvalue weighted by Gasteiger charge is -2.11. The molecule has 32 heavy (non-hydrogen) atoms. The monoisotopic (exact) mass is 482 g/mol. The molecule has 1 aromatic heterocycles. The van der Waals surface area contributed by atoms with Gasteiger partial charge in [0, 0.05) is 21.7 Å². The van der Waals surface area contributed by atoms with E-state index in [1.54, 1.807) is 60.7 Å². The highest BCUT2D eigenvalue weighted by atomic mass is 35.5. The van der Waals surface area contributed by atoms with E-state index in [1.807, 2.05) is 12.1 Å². The van der Waals surface area contributed by atoms with Crippen LogP contribution in [0.1, 0.15) is 5.56 Å². The lowest BCUT2D eigenvalue weighted by Crippen LogP contribution is -2.35. The predicted octanol–water partition coefficient (Wildman–Crippen LogP) is 5.82. The zero-order valence-corrected chi connectivity index (χ0v) is 18.9. The Morgan fingerprint density at radius 2 is 1.69 bits per heavy atom. The van der Waals surface area contributed by atoms with Gasteiger partial charge in [0.2, 0.25) is 5.91 Å². The Morgan fingerprint density at radius 1 is 0.938 bits per heavy atom. The highest BCUT2D eigenvalue weighted by Gasteiger charge is 2.13. The third kappa shape index (κ3) is 5.16. The molecule has 0 saturated carbocycles. The lowest BCUT2D eigenvalue weighted by atomic mass is 10.1. The average molecular weight is 483 g/mol. The summed E-state index contributed by atoms with van der Waals surface area (Å²) in [4.78, 5) is 24.6. The van der Waals surface area contributed by atoms with Gasteiger partial charge < -0.3 is 15.1 Å². The SMILES string of the molecule is O=C(Cc1ccc(Cl)cc1)NC(=S)Nc1ccc(-c2cc3ccccc3oc2=O)c(Cl)c1. The Bertz CT molecular complexity index is 1380. The zero-order chi connectivity index (χ0) is 22.7. The summed E-state index contributed by atoms with van der Waals surface area (Å²) in [6.45, 7) is 0. The van der Waals surface area contributed by atoms with Crippen LogP contribution in [0, 0.1) is 0 Å². The summed E-state index contributed by atoms with van der Waals surface area (Å²) < 4.78 is 5.39. The highest BCUT2D eigenvalue weighted by molar-refractivity contribution is 7.80. The first kappa shape index (κ1) is 22.0. The summed E-state index contributed by atoms with van der Waals surface area (Å²) in [5, 5.41) is 7.43. The molecule has 1 amide bonds. The van der Waals surface area contributed by atoms with Gasteiger partial charge in [-0.15, -0.1) is 0 Å². The first-order valence-corrected chi connectivity index (χ1v) is 10.7. The molecule has 0 radical (unpaired) electrons. The molecule has 1 heterocycles. The van der Waals surface area contributed by atoms with Crippen molar-refractivity contribution in [2.45, 2.75) is 6.42 Å². The maximum absolute atomic E-state index is 12.4. The van der Waals surface area contributed by atoms with E-state index in [4.69, 9.17) is 39.8 Å². The van der Waals surface area contributed by atoms with Crippen LogP contribution in [0.25, 0.3) is 22.1 Å². The fraction of sp³-hybridized carbons (Fsp3) is 0.0417. The smallest absolute Gasteiger partial charge is 0.344 e. The van der Waals surface area contributed by atoms with Crippen molar-refractivity contribution in [2.75, 3.05) is 5.32 Å². The van der Waals surface area contributed by atoms with Crippen LogP contribution in [0.4, 0.5) is 5.69 Å². The molecule has 4 rings (SSSR count). The van der Waals surface area contributed by atoms with Gasteiger partial charge in [0.1, 0.15) is 5.58 Å². The maximum Gasteiger partial charge on any atom is 0.344 e. The number of hydrogen-bond acceptors (Lipinski definition) is 4. The Morgan fingerprint density at radius 3 is 2.44 bits per heavy atom. The van der Waals surface area contributed by atoms with E-state index in [2.05, 4.69) is 10.6 Å². The van der Waals surface area contributed by atoms with E-state index < -0.39 is 5.63 Å².